The maximum absolute atomic E-state index is 3.84. The SMILES string of the molecule is C1=CCC=C1.C=CC.C=Cc1c(/C=C\C)[nH]c(=C/C)/c1=C\C.CC.CC.CNc1ccccc1C1C2=CC=C(c3ccccc3)C21. The van der Waals surface area contributed by atoms with Gasteiger partial charge >= 0.3 is 0 Å². The van der Waals surface area contributed by atoms with Gasteiger partial charge in [0, 0.05) is 46.4 Å². The normalized spacial score (nSPS) is 16.7. The van der Waals surface area contributed by atoms with Gasteiger partial charge in [0.25, 0.3) is 0 Å². The lowest BCUT2D eigenvalue weighted by molar-refractivity contribution is 1.03. The summed E-state index contributed by atoms with van der Waals surface area (Å²) in [5.74, 6) is 1.16. The number of rotatable bonds is 5. The predicted molar refractivity (Wildman–Crippen MR) is 211 cm³/mol. The molecule has 2 aromatic carbocycles. The zero-order valence-electron chi connectivity index (χ0n) is 29.9. The van der Waals surface area contributed by atoms with Gasteiger partial charge in [0.2, 0.25) is 0 Å². The Bertz CT molecular complexity index is 1590. The van der Waals surface area contributed by atoms with Gasteiger partial charge in [-0.25, -0.2) is 0 Å². The summed E-state index contributed by atoms with van der Waals surface area (Å²) in [7, 11) is 2.00. The molecule has 2 heteroatoms. The van der Waals surface area contributed by atoms with Crippen molar-refractivity contribution in [2.24, 2.45) is 5.92 Å². The third-order valence-corrected chi connectivity index (χ3v) is 7.32. The Hall–Kier alpha value is -4.56. The minimum absolute atomic E-state index is 0.568. The standard InChI is InChI=1S/C19H17N.C13H17N.C5H6.C3H6.2C2H6/c1-20-17-10-6-5-9-15(17)19-16-12-11-14(18(16)19)13-7-3-2-4-8-13;1-5-9-13-11(7-3)10(6-2)12(8-4)14-13;1-2-4-5-3-1;1-3-2;2*1-2/h2-12,18-20H,1H3;5-9,14H,3H2,1-2,4H3;1-4H,5H2;3H,1H2,2H3;2*1-2H3/b;9-5-,10-6-,12-8+;;;;. The number of aromatic amines is 1. The molecule has 2 N–H and O–H groups in total. The van der Waals surface area contributed by atoms with Crippen molar-refractivity contribution >= 4 is 35.6 Å². The Morgan fingerprint density at radius 3 is 1.89 bits per heavy atom. The van der Waals surface area contributed by atoms with E-state index in [4.69, 9.17) is 0 Å². The molecule has 3 aliphatic rings. The summed E-state index contributed by atoms with van der Waals surface area (Å²) in [6.45, 7) is 23.2. The first-order valence-electron chi connectivity index (χ1n) is 16.8. The average molecular weight is 615 g/mol. The number of fused-ring (bicyclic) bond motifs is 1. The van der Waals surface area contributed by atoms with E-state index in [2.05, 4.69) is 133 Å². The molecule has 2 atom stereocenters. The maximum atomic E-state index is 3.84. The number of hydrogen-bond donors (Lipinski definition) is 2. The van der Waals surface area contributed by atoms with Gasteiger partial charge in [-0.05, 0) is 63.0 Å². The molecule has 3 aromatic rings. The molecule has 1 saturated carbocycles. The highest BCUT2D eigenvalue weighted by atomic mass is 14.8. The second-order valence-electron chi connectivity index (χ2n) is 10.0. The predicted octanol–water partition coefficient (Wildman–Crippen LogP) is 11.5. The molecule has 1 heterocycles. The first-order valence-corrected chi connectivity index (χ1v) is 16.8. The number of H-pyrrole nitrogens is 1. The molecule has 0 saturated heterocycles. The van der Waals surface area contributed by atoms with Crippen molar-refractivity contribution in [2.75, 3.05) is 12.4 Å². The molecule has 0 amide bonds. The van der Waals surface area contributed by atoms with Gasteiger partial charge in [-0.3, -0.25) is 0 Å². The molecule has 6 rings (SSSR count). The number of anilines is 1. The summed E-state index contributed by atoms with van der Waals surface area (Å²) in [5, 5.41) is 5.71. The van der Waals surface area contributed by atoms with Crippen LogP contribution in [0.3, 0.4) is 0 Å². The van der Waals surface area contributed by atoms with E-state index in [1.807, 2.05) is 74.6 Å². The van der Waals surface area contributed by atoms with E-state index in [9.17, 15) is 0 Å². The number of nitrogens with one attached hydrogen (secondary N) is 2. The first kappa shape index (κ1) is 39.5. The Kier molecular flexibility index (Phi) is 19.6. The lowest BCUT2D eigenvalue weighted by atomic mass is 9.97. The minimum Gasteiger partial charge on any atom is -0.388 e. The Balaban J connectivity index is 0.000000353. The van der Waals surface area contributed by atoms with Crippen molar-refractivity contribution in [1.82, 2.24) is 4.98 Å². The van der Waals surface area contributed by atoms with Crippen LogP contribution in [0, 0.1) is 5.92 Å². The largest absolute Gasteiger partial charge is 0.388 e. The summed E-state index contributed by atoms with van der Waals surface area (Å²) in [4.78, 5) is 3.36. The molecule has 3 aliphatic carbocycles. The van der Waals surface area contributed by atoms with E-state index in [1.54, 1.807) is 11.6 Å². The molecule has 0 bridgehead atoms. The number of hydrogen-bond acceptors (Lipinski definition) is 1. The molecule has 0 aliphatic heterocycles. The van der Waals surface area contributed by atoms with Crippen LogP contribution in [0.4, 0.5) is 5.69 Å². The summed E-state index contributed by atoms with van der Waals surface area (Å²) in [6.07, 6.45) is 26.0. The molecule has 46 heavy (non-hydrogen) atoms. The summed E-state index contributed by atoms with van der Waals surface area (Å²) in [5.41, 5.74) is 9.37. The zero-order valence-corrected chi connectivity index (χ0v) is 29.9. The quantitative estimate of drug-likeness (QED) is 0.275. The van der Waals surface area contributed by atoms with Crippen molar-refractivity contribution in [3.8, 4) is 0 Å². The number of allylic oxidation sites excluding steroid dienone is 10. The van der Waals surface area contributed by atoms with Crippen LogP contribution in [0.1, 0.15) is 90.1 Å². The third-order valence-electron chi connectivity index (χ3n) is 7.32. The summed E-state index contributed by atoms with van der Waals surface area (Å²) in [6, 6.07) is 19.4. The molecular weight excluding hydrogens is 556 g/mol. The van der Waals surface area contributed by atoms with E-state index in [0.29, 0.717) is 11.8 Å². The van der Waals surface area contributed by atoms with Crippen LogP contribution < -0.4 is 15.9 Å². The highest BCUT2D eigenvalue weighted by Gasteiger charge is 2.50. The van der Waals surface area contributed by atoms with Crippen LogP contribution in [0.15, 0.2) is 122 Å². The minimum atomic E-state index is 0.568. The summed E-state index contributed by atoms with van der Waals surface area (Å²) < 4.78 is 0. The lowest BCUT2D eigenvalue weighted by Crippen LogP contribution is -2.22. The average Bonchev–Trinajstić information content (AvgIpc) is 3.57. The fourth-order valence-electron chi connectivity index (χ4n) is 5.42. The van der Waals surface area contributed by atoms with E-state index >= 15 is 0 Å². The van der Waals surface area contributed by atoms with Crippen molar-refractivity contribution < 1.29 is 0 Å². The van der Waals surface area contributed by atoms with Crippen LogP contribution in [-0.2, 0) is 0 Å². The highest BCUT2D eigenvalue weighted by Crippen LogP contribution is 2.63. The molecule has 0 spiro atoms. The molecule has 1 fully saturated rings. The van der Waals surface area contributed by atoms with Crippen LogP contribution in [0.2, 0.25) is 0 Å². The topological polar surface area (TPSA) is 27.8 Å². The van der Waals surface area contributed by atoms with Gasteiger partial charge < -0.3 is 10.3 Å². The van der Waals surface area contributed by atoms with Gasteiger partial charge in [-0.2, -0.15) is 0 Å². The Labute approximate surface area is 280 Å². The van der Waals surface area contributed by atoms with Crippen molar-refractivity contribution in [3.05, 3.63) is 155 Å². The van der Waals surface area contributed by atoms with Crippen LogP contribution >= 0.6 is 0 Å². The van der Waals surface area contributed by atoms with Crippen LogP contribution in [0.25, 0.3) is 29.9 Å². The fourth-order valence-corrected chi connectivity index (χ4v) is 5.42. The lowest BCUT2D eigenvalue weighted by Gasteiger charge is -2.10. The van der Waals surface area contributed by atoms with E-state index in [-0.39, 0.29) is 0 Å². The molecule has 2 nitrogen and oxygen atoms in total. The van der Waals surface area contributed by atoms with Crippen molar-refractivity contribution in [2.45, 2.75) is 67.7 Å². The van der Waals surface area contributed by atoms with E-state index in [0.717, 1.165) is 17.5 Å². The monoisotopic (exact) mass is 614 g/mol. The fraction of sp³-hybridized carbons (Fsp3) is 0.273. The van der Waals surface area contributed by atoms with Crippen LogP contribution in [-0.4, -0.2) is 12.0 Å². The van der Waals surface area contributed by atoms with Gasteiger partial charge in [0.05, 0.1) is 0 Å². The second kappa shape index (κ2) is 22.9. The maximum Gasteiger partial charge on any atom is 0.0461 e. The third kappa shape index (κ3) is 10.8. The van der Waals surface area contributed by atoms with Gasteiger partial charge in [0.1, 0.15) is 0 Å². The van der Waals surface area contributed by atoms with Crippen molar-refractivity contribution in [3.63, 3.8) is 0 Å². The molecular formula is C44H58N2. The van der Waals surface area contributed by atoms with Gasteiger partial charge in [-0.1, -0.05) is 155 Å². The Morgan fingerprint density at radius 2 is 1.39 bits per heavy atom. The number of para-hydroxylation sites is 1. The molecule has 2 unspecified atom stereocenters. The molecule has 244 valence electrons. The van der Waals surface area contributed by atoms with Crippen LogP contribution in [0.5, 0.6) is 0 Å². The van der Waals surface area contributed by atoms with Gasteiger partial charge in [-0.15, -0.1) is 6.58 Å². The smallest absolute Gasteiger partial charge is 0.0461 e. The number of aromatic nitrogens is 1. The Morgan fingerprint density at radius 1 is 0.783 bits per heavy atom. The molecule has 1 aromatic heterocycles. The number of benzene rings is 2. The van der Waals surface area contributed by atoms with E-state index < -0.39 is 0 Å². The van der Waals surface area contributed by atoms with Crippen molar-refractivity contribution in [1.29, 1.82) is 0 Å². The van der Waals surface area contributed by atoms with Gasteiger partial charge in [0.15, 0.2) is 0 Å². The summed E-state index contributed by atoms with van der Waals surface area (Å²) >= 11 is 0. The molecule has 0 radical (unpaired) electrons. The first-order chi connectivity index (χ1) is 22.6. The second-order valence-corrected chi connectivity index (χ2v) is 10.0. The van der Waals surface area contributed by atoms with E-state index in [1.165, 1.54) is 33.2 Å². The zero-order chi connectivity index (χ0) is 34.3. The highest BCUT2D eigenvalue weighted by molar-refractivity contribution is 5.84.